The molecule has 0 radical (unpaired) electrons. The average molecular weight is 401 g/mol. The zero-order valence-electron chi connectivity index (χ0n) is 13.7. The van der Waals surface area contributed by atoms with Crippen molar-refractivity contribution in [2.75, 3.05) is 20.8 Å². The van der Waals surface area contributed by atoms with Crippen molar-refractivity contribution in [1.29, 1.82) is 0 Å². The Kier molecular flexibility index (Phi) is 5.32. The van der Waals surface area contributed by atoms with E-state index in [0.29, 0.717) is 40.1 Å². The highest BCUT2D eigenvalue weighted by Crippen LogP contribution is 2.45. The molecule has 0 aromatic heterocycles. The highest BCUT2D eigenvalue weighted by atomic mass is 35.5. The summed E-state index contributed by atoms with van der Waals surface area (Å²) in [6, 6.07) is 8.53. The van der Waals surface area contributed by atoms with Crippen molar-refractivity contribution in [3.63, 3.8) is 0 Å². The van der Waals surface area contributed by atoms with E-state index in [1.807, 2.05) is 12.1 Å². The van der Waals surface area contributed by atoms with Crippen molar-refractivity contribution < 1.29 is 14.3 Å². The molecule has 2 aromatic rings. The van der Waals surface area contributed by atoms with E-state index in [-0.39, 0.29) is 0 Å². The summed E-state index contributed by atoms with van der Waals surface area (Å²) in [5.74, 6) is 1.20. The van der Waals surface area contributed by atoms with E-state index in [2.05, 4.69) is 0 Å². The Hall–Kier alpha value is -1.62. The Labute approximate surface area is 161 Å². The van der Waals surface area contributed by atoms with Gasteiger partial charge in [-0.2, -0.15) is 0 Å². The van der Waals surface area contributed by atoms with Gasteiger partial charge in [0.1, 0.15) is 0 Å². The maximum absolute atomic E-state index is 12.0. The lowest BCUT2D eigenvalue weighted by Gasteiger charge is -2.37. The Balaban J connectivity index is 2.26. The van der Waals surface area contributed by atoms with Gasteiger partial charge in [0.15, 0.2) is 11.5 Å². The highest BCUT2D eigenvalue weighted by Gasteiger charge is 2.35. The Morgan fingerprint density at radius 1 is 1.12 bits per heavy atom. The van der Waals surface area contributed by atoms with Gasteiger partial charge in [-0.25, -0.2) is 0 Å². The molecule has 3 rings (SSSR count). The predicted octanol–water partition coefficient (Wildman–Crippen LogP) is 5.32. The summed E-state index contributed by atoms with van der Waals surface area (Å²) in [6.45, 7) is 0.455. The Morgan fingerprint density at radius 3 is 2.28 bits per heavy atom. The maximum Gasteiger partial charge on any atom is 0.317 e. The van der Waals surface area contributed by atoms with Crippen LogP contribution < -0.4 is 9.47 Å². The molecular weight excluding hydrogens is 385 g/mol. The van der Waals surface area contributed by atoms with Crippen LogP contribution in [0.3, 0.4) is 0 Å². The van der Waals surface area contributed by atoms with Gasteiger partial charge in [-0.15, -0.1) is 0 Å². The molecule has 0 saturated carbocycles. The molecular formula is C18H16Cl3NO3. The summed E-state index contributed by atoms with van der Waals surface area (Å²) in [7, 11) is 3.15. The number of hydrogen-bond acceptors (Lipinski definition) is 3. The molecule has 7 heteroatoms. The summed E-state index contributed by atoms with van der Waals surface area (Å²) in [6.07, 6.45) is 0.646. The zero-order chi connectivity index (χ0) is 18.1. The molecule has 1 aliphatic heterocycles. The summed E-state index contributed by atoms with van der Waals surface area (Å²) in [5.41, 5.74) is 2.55. The van der Waals surface area contributed by atoms with Crippen LogP contribution in [0.25, 0.3) is 0 Å². The number of methoxy groups -OCH3 is 2. The lowest BCUT2D eigenvalue weighted by atomic mass is 9.88. The smallest absolute Gasteiger partial charge is 0.317 e. The van der Waals surface area contributed by atoms with E-state index in [4.69, 9.17) is 44.3 Å². The van der Waals surface area contributed by atoms with Crippen LogP contribution in [0.15, 0.2) is 30.3 Å². The lowest BCUT2D eigenvalue weighted by molar-refractivity contribution is 0.204. The number of amides is 1. The van der Waals surface area contributed by atoms with Crippen molar-refractivity contribution in [3.8, 4) is 11.5 Å². The molecule has 0 saturated heterocycles. The van der Waals surface area contributed by atoms with Gasteiger partial charge in [0, 0.05) is 22.2 Å². The van der Waals surface area contributed by atoms with Gasteiger partial charge in [0.2, 0.25) is 0 Å². The van der Waals surface area contributed by atoms with E-state index >= 15 is 0 Å². The number of benzene rings is 2. The second-order valence-electron chi connectivity index (χ2n) is 5.64. The fraction of sp³-hybridized carbons (Fsp3) is 0.278. The van der Waals surface area contributed by atoms with Crippen molar-refractivity contribution in [2.45, 2.75) is 12.5 Å². The van der Waals surface area contributed by atoms with Gasteiger partial charge in [-0.1, -0.05) is 29.3 Å². The number of nitrogens with zero attached hydrogens (tertiary/aromatic N) is 1. The van der Waals surface area contributed by atoms with Crippen LogP contribution in [0.4, 0.5) is 4.79 Å². The average Bonchev–Trinajstić information content (AvgIpc) is 2.60. The first kappa shape index (κ1) is 18.2. The largest absolute Gasteiger partial charge is 0.493 e. The monoisotopic (exact) mass is 399 g/mol. The molecule has 1 heterocycles. The summed E-state index contributed by atoms with van der Waals surface area (Å²) in [4.78, 5) is 13.6. The number of halogens is 3. The molecule has 1 atom stereocenters. The molecule has 2 aromatic carbocycles. The molecule has 0 bridgehead atoms. The number of hydrogen-bond donors (Lipinski definition) is 0. The summed E-state index contributed by atoms with van der Waals surface area (Å²) in [5, 5.41) is 0.396. The Bertz CT molecular complexity index is 805. The number of rotatable bonds is 3. The highest BCUT2D eigenvalue weighted by molar-refractivity contribution is 6.62. The van der Waals surface area contributed by atoms with Gasteiger partial charge in [-0.3, -0.25) is 4.79 Å². The van der Waals surface area contributed by atoms with Gasteiger partial charge in [0.05, 0.1) is 20.3 Å². The number of carbonyl (C=O) groups excluding carboxylic acids is 1. The van der Waals surface area contributed by atoms with Crippen LogP contribution in [0.2, 0.25) is 10.0 Å². The Morgan fingerprint density at radius 2 is 1.72 bits per heavy atom. The van der Waals surface area contributed by atoms with E-state index in [9.17, 15) is 4.79 Å². The van der Waals surface area contributed by atoms with E-state index in [1.165, 1.54) is 0 Å². The fourth-order valence-corrected chi connectivity index (χ4v) is 4.00. The lowest BCUT2D eigenvalue weighted by Crippen LogP contribution is -2.38. The van der Waals surface area contributed by atoms with Gasteiger partial charge in [-0.05, 0) is 53.4 Å². The van der Waals surface area contributed by atoms with Crippen LogP contribution in [-0.2, 0) is 6.42 Å². The first-order valence-electron chi connectivity index (χ1n) is 7.62. The van der Waals surface area contributed by atoms with Crippen molar-refractivity contribution >= 4 is 40.2 Å². The molecule has 132 valence electrons. The van der Waals surface area contributed by atoms with Crippen molar-refractivity contribution in [2.24, 2.45) is 0 Å². The van der Waals surface area contributed by atoms with Gasteiger partial charge < -0.3 is 14.4 Å². The van der Waals surface area contributed by atoms with Crippen molar-refractivity contribution in [1.82, 2.24) is 4.90 Å². The SMILES string of the molecule is COc1cc2c(cc1OC)C(c1c(Cl)cccc1Cl)N(C(=O)Cl)CC2. The predicted molar refractivity (Wildman–Crippen MR) is 99.5 cm³/mol. The quantitative estimate of drug-likeness (QED) is 0.517. The molecule has 0 N–H and O–H groups in total. The standard InChI is InChI=1S/C18H16Cl3NO3/c1-24-14-8-10-6-7-22(18(21)23)17(11(10)9-15(14)25-2)16-12(19)4-3-5-13(16)20/h3-5,8-9,17H,6-7H2,1-2H3. The van der Waals surface area contributed by atoms with Gasteiger partial charge >= 0.3 is 5.37 Å². The first-order chi connectivity index (χ1) is 12.0. The molecule has 4 nitrogen and oxygen atoms in total. The third kappa shape index (κ3) is 3.26. The second-order valence-corrected chi connectivity index (χ2v) is 6.78. The summed E-state index contributed by atoms with van der Waals surface area (Å²) >= 11 is 18.7. The molecule has 1 unspecified atom stereocenters. The van der Waals surface area contributed by atoms with E-state index in [1.54, 1.807) is 37.3 Å². The molecule has 1 aliphatic rings. The molecule has 0 spiro atoms. The second kappa shape index (κ2) is 7.32. The topological polar surface area (TPSA) is 38.8 Å². The third-order valence-electron chi connectivity index (χ3n) is 4.37. The fourth-order valence-electron chi connectivity index (χ4n) is 3.22. The minimum atomic E-state index is -0.554. The molecule has 25 heavy (non-hydrogen) atoms. The normalized spacial score (nSPS) is 16.4. The van der Waals surface area contributed by atoms with Gasteiger partial charge in [0.25, 0.3) is 0 Å². The zero-order valence-corrected chi connectivity index (χ0v) is 16.0. The van der Waals surface area contributed by atoms with Crippen LogP contribution in [0.5, 0.6) is 11.5 Å². The van der Waals surface area contributed by atoms with Crippen molar-refractivity contribution in [3.05, 3.63) is 57.1 Å². The number of ether oxygens (including phenoxy) is 2. The van der Waals surface area contributed by atoms with Crippen LogP contribution in [0, 0.1) is 0 Å². The minimum Gasteiger partial charge on any atom is -0.493 e. The van der Waals surface area contributed by atoms with E-state index < -0.39 is 11.4 Å². The van der Waals surface area contributed by atoms with Crippen LogP contribution in [0.1, 0.15) is 22.7 Å². The maximum atomic E-state index is 12.0. The number of carbonyl (C=O) groups is 1. The number of fused-ring (bicyclic) bond motifs is 1. The minimum absolute atomic E-state index is 0.455. The van der Waals surface area contributed by atoms with E-state index in [0.717, 1.165) is 11.1 Å². The van der Waals surface area contributed by atoms with Crippen LogP contribution >= 0.6 is 34.8 Å². The molecule has 0 aliphatic carbocycles. The molecule has 0 fully saturated rings. The third-order valence-corrected chi connectivity index (χ3v) is 5.25. The van der Waals surface area contributed by atoms with Crippen LogP contribution in [-0.4, -0.2) is 31.0 Å². The first-order valence-corrected chi connectivity index (χ1v) is 8.76. The molecule has 1 amide bonds. The summed E-state index contributed by atoms with van der Waals surface area (Å²) < 4.78 is 10.8.